The molecule has 2 aromatic rings. The number of hydrogen-bond acceptors (Lipinski definition) is 3. The van der Waals surface area contributed by atoms with Crippen LogP contribution in [0.3, 0.4) is 0 Å². The quantitative estimate of drug-likeness (QED) is 0.925. The lowest BCUT2D eigenvalue weighted by atomic mass is 10.1. The summed E-state index contributed by atoms with van der Waals surface area (Å²) in [7, 11) is 3.99. The lowest BCUT2D eigenvalue weighted by Gasteiger charge is -2.19. The van der Waals surface area contributed by atoms with E-state index in [4.69, 9.17) is 5.26 Å². The van der Waals surface area contributed by atoms with Crippen LogP contribution in [0.4, 0.5) is 17.1 Å². The summed E-state index contributed by atoms with van der Waals surface area (Å²) in [6.07, 6.45) is 0. The van der Waals surface area contributed by atoms with Crippen molar-refractivity contribution in [2.24, 2.45) is 0 Å². The molecule has 0 atom stereocenters. The number of hydrogen-bond donors (Lipinski definition) is 1. The number of benzene rings is 2. The minimum absolute atomic E-state index is 0.622. The fourth-order valence-corrected chi connectivity index (χ4v) is 2.19. The van der Waals surface area contributed by atoms with Gasteiger partial charge in [0.1, 0.15) is 6.07 Å². The fraction of sp³-hybridized carbons (Fsp3) is 0.133. The van der Waals surface area contributed by atoms with Crippen LogP contribution in [0.5, 0.6) is 0 Å². The summed E-state index contributed by atoms with van der Waals surface area (Å²) in [5.74, 6) is 0. The first-order valence-electron chi connectivity index (χ1n) is 5.85. The molecule has 0 bridgehead atoms. The van der Waals surface area contributed by atoms with Crippen molar-refractivity contribution in [1.29, 1.82) is 5.26 Å². The van der Waals surface area contributed by atoms with Crippen LogP contribution in [0.15, 0.2) is 46.9 Å². The maximum atomic E-state index is 9.15. The Labute approximate surface area is 121 Å². The molecule has 0 unspecified atom stereocenters. The van der Waals surface area contributed by atoms with E-state index in [0.29, 0.717) is 5.56 Å². The number of nitriles is 1. The molecule has 96 valence electrons. The van der Waals surface area contributed by atoms with Crippen LogP contribution >= 0.6 is 15.9 Å². The highest BCUT2D eigenvalue weighted by Gasteiger charge is 2.07. The molecular weight excluding hydrogens is 302 g/mol. The number of rotatable bonds is 3. The Bertz CT molecular complexity index is 630. The van der Waals surface area contributed by atoms with Gasteiger partial charge in [0, 0.05) is 18.6 Å². The normalized spacial score (nSPS) is 9.79. The first-order valence-corrected chi connectivity index (χ1v) is 6.64. The highest BCUT2D eigenvalue weighted by atomic mass is 79.9. The highest BCUT2D eigenvalue weighted by molar-refractivity contribution is 9.10. The monoisotopic (exact) mass is 315 g/mol. The molecular formula is C15H14BrN3. The summed E-state index contributed by atoms with van der Waals surface area (Å²) in [6.45, 7) is 0. The molecule has 19 heavy (non-hydrogen) atoms. The molecule has 2 aromatic carbocycles. The summed E-state index contributed by atoms with van der Waals surface area (Å²) < 4.78 is 0.941. The third-order valence-corrected chi connectivity index (χ3v) is 3.25. The summed E-state index contributed by atoms with van der Waals surface area (Å²) in [4.78, 5) is 2.03. The van der Waals surface area contributed by atoms with Gasteiger partial charge >= 0.3 is 0 Å². The number of para-hydroxylation sites is 2. The topological polar surface area (TPSA) is 39.1 Å². The van der Waals surface area contributed by atoms with Gasteiger partial charge in [0.25, 0.3) is 0 Å². The maximum absolute atomic E-state index is 9.15. The Balaban J connectivity index is 2.42. The van der Waals surface area contributed by atoms with Crippen LogP contribution in [-0.4, -0.2) is 14.1 Å². The van der Waals surface area contributed by atoms with Gasteiger partial charge in [-0.3, -0.25) is 0 Å². The van der Waals surface area contributed by atoms with Crippen LogP contribution < -0.4 is 10.2 Å². The molecule has 0 saturated heterocycles. The molecule has 0 saturated carbocycles. The second-order valence-electron chi connectivity index (χ2n) is 4.34. The maximum Gasteiger partial charge on any atom is 0.101 e. The molecule has 0 radical (unpaired) electrons. The van der Waals surface area contributed by atoms with E-state index < -0.39 is 0 Å². The van der Waals surface area contributed by atoms with Crippen LogP contribution in [-0.2, 0) is 0 Å². The molecule has 0 amide bonds. The molecule has 0 fully saturated rings. The molecule has 1 N–H and O–H groups in total. The molecule has 0 aromatic heterocycles. The van der Waals surface area contributed by atoms with Gasteiger partial charge in [-0.2, -0.15) is 5.26 Å². The summed E-state index contributed by atoms with van der Waals surface area (Å²) in [5, 5.41) is 12.5. The SMILES string of the molecule is CN(C)c1ccccc1Nc1cc(Br)ccc1C#N. The number of anilines is 3. The Morgan fingerprint density at radius 3 is 2.53 bits per heavy atom. The van der Waals surface area contributed by atoms with Crippen molar-refractivity contribution in [3.8, 4) is 6.07 Å². The molecule has 4 heteroatoms. The molecule has 0 aliphatic heterocycles. The van der Waals surface area contributed by atoms with Crippen molar-refractivity contribution in [2.45, 2.75) is 0 Å². The summed E-state index contributed by atoms with van der Waals surface area (Å²) in [5.41, 5.74) is 3.47. The zero-order valence-electron chi connectivity index (χ0n) is 10.8. The van der Waals surface area contributed by atoms with Gasteiger partial charge in [-0.25, -0.2) is 0 Å². The van der Waals surface area contributed by atoms with E-state index in [-0.39, 0.29) is 0 Å². The standard InChI is InChI=1S/C15H14BrN3/c1-19(2)15-6-4-3-5-13(15)18-14-9-12(16)8-7-11(14)10-17/h3-9,18H,1-2H3. The van der Waals surface area contributed by atoms with Gasteiger partial charge in [-0.15, -0.1) is 0 Å². The van der Waals surface area contributed by atoms with Gasteiger partial charge in [0.15, 0.2) is 0 Å². The first kappa shape index (κ1) is 13.4. The van der Waals surface area contributed by atoms with Gasteiger partial charge in [0.2, 0.25) is 0 Å². The Morgan fingerprint density at radius 2 is 1.84 bits per heavy atom. The third-order valence-electron chi connectivity index (χ3n) is 2.76. The minimum Gasteiger partial charge on any atom is -0.376 e. The van der Waals surface area contributed by atoms with Crippen molar-refractivity contribution in [3.05, 3.63) is 52.5 Å². The smallest absolute Gasteiger partial charge is 0.101 e. The zero-order valence-corrected chi connectivity index (χ0v) is 12.4. The Hall–Kier alpha value is -1.99. The van der Waals surface area contributed by atoms with E-state index >= 15 is 0 Å². The van der Waals surface area contributed by atoms with Crippen LogP contribution in [0, 0.1) is 11.3 Å². The fourth-order valence-electron chi connectivity index (χ4n) is 1.83. The third kappa shape index (κ3) is 3.07. The van der Waals surface area contributed by atoms with E-state index in [0.717, 1.165) is 21.5 Å². The zero-order chi connectivity index (χ0) is 13.8. The van der Waals surface area contributed by atoms with Crippen molar-refractivity contribution < 1.29 is 0 Å². The van der Waals surface area contributed by atoms with Crippen molar-refractivity contribution >= 4 is 33.0 Å². The van der Waals surface area contributed by atoms with E-state index in [2.05, 4.69) is 27.3 Å². The summed E-state index contributed by atoms with van der Waals surface area (Å²) >= 11 is 3.43. The average Bonchev–Trinajstić information content (AvgIpc) is 2.39. The average molecular weight is 316 g/mol. The van der Waals surface area contributed by atoms with Crippen molar-refractivity contribution in [1.82, 2.24) is 0 Å². The van der Waals surface area contributed by atoms with E-state index in [1.807, 2.05) is 55.4 Å². The lowest BCUT2D eigenvalue weighted by molar-refractivity contribution is 1.13. The molecule has 0 heterocycles. The first-order chi connectivity index (χ1) is 9.11. The van der Waals surface area contributed by atoms with Crippen LogP contribution in [0.25, 0.3) is 0 Å². The predicted octanol–water partition coefficient (Wildman–Crippen LogP) is 4.13. The largest absolute Gasteiger partial charge is 0.376 e. The molecule has 0 spiro atoms. The molecule has 3 nitrogen and oxygen atoms in total. The second kappa shape index (κ2) is 5.77. The van der Waals surface area contributed by atoms with Gasteiger partial charge in [-0.05, 0) is 30.3 Å². The lowest BCUT2D eigenvalue weighted by Crippen LogP contribution is -2.10. The molecule has 0 aliphatic carbocycles. The van der Waals surface area contributed by atoms with Gasteiger partial charge in [-0.1, -0.05) is 28.1 Å². The van der Waals surface area contributed by atoms with E-state index in [9.17, 15) is 0 Å². The minimum atomic E-state index is 0.622. The van der Waals surface area contributed by atoms with Crippen LogP contribution in [0.2, 0.25) is 0 Å². The molecule has 0 aliphatic rings. The summed E-state index contributed by atoms with van der Waals surface area (Å²) in [6, 6.07) is 15.8. The predicted molar refractivity (Wildman–Crippen MR) is 82.9 cm³/mol. The second-order valence-corrected chi connectivity index (χ2v) is 5.25. The number of nitrogens with one attached hydrogen (secondary N) is 1. The van der Waals surface area contributed by atoms with Crippen LogP contribution in [0.1, 0.15) is 5.56 Å². The van der Waals surface area contributed by atoms with Crippen molar-refractivity contribution in [2.75, 3.05) is 24.3 Å². The Morgan fingerprint density at radius 1 is 1.11 bits per heavy atom. The number of halogens is 1. The van der Waals surface area contributed by atoms with E-state index in [1.165, 1.54) is 0 Å². The molecule has 2 rings (SSSR count). The highest BCUT2D eigenvalue weighted by Crippen LogP contribution is 2.30. The van der Waals surface area contributed by atoms with E-state index in [1.54, 1.807) is 6.07 Å². The van der Waals surface area contributed by atoms with Crippen molar-refractivity contribution in [3.63, 3.8) is 0 Å². The number of nitrogens with zero attached hydrogens (tertiary/aromatic N) is 2. The Kier molecular flexibility index (Phi) is 4.08. The van der Waals surface area contributed by atoms with Gasteiger partial charge < -0.3 is 10.2 Å². The van der Waals surface area contributed by atoms with Gasteiger partial charge in [0.05, 0.1) is 22.6 Å².